The molecular formula is C11H11N3. The third-order valence-corrected chi connectivity index (χ3v) is 2.13. The average Bonchev–Trinajstić information content (AvgIpc) is 2.16. The lowest BCUT2D eigenvalue weighted by Gasteiger charge is -2.01. The predicted octanol–water partition coefficient (Wildman–Crippen LogP) is 1.83. The van der Waals surface area contributed by atoms with Crippen molar-refractivity contribution in [3.63, 3.8) is 0 Å². The van der Waals surface area contributed by atoms with E-state index in [1.165, 1.54) is 0 Å². The van der Waals surface area contributed by atoms with Gasteiger partial charge in [0.1, 0.15) is 5.84 Å². The second-order valence-electron chi connectivity index (χ2n) is 3.33. The van der Waals surface area contributed by atoms with Crippen LogP contribution < -0.4 is 5.73 Å². The third-order valence-electron chi connectivity index (χ3n) is 2.13. The van der Waals surface area contributed by atoms with E-state index in [-0.39, 0.29) is 5.84 Å². The van der Waals surface area contributed by atoms with Crippen molar-refractivity contribution in [1.82, 2.24) is 4.98 Å². The molecule has 3 heteroatoms. The van der Waals surface area contributed by atoms with Gasteiger partial charge < -0.3 is 5.73 Å². The molecule has 2 aromatic rings. The maximum Gasteiger partial charge on any atom is 0.122 e. The quantitative estimate of drug-likeness (QED) is 0.526. The van der Waals surface area contributed by atoms with Crippen molar-refractivity contribution in [2.24, 2.45) is 5.73 Å². The highest BCUT2D eigenvalue weighted by atomic mass is 14.7. The van der Waals surface area contributed by atoms with Gasteiger partial charge in [-0.2, -0.15) is 0 Å². The summed E-state index contributed by atoms with van der Waals surface area (Å²) < 4.78 is 0. The van der Waals surface area contributed by atoms with Crippen molar-refractivity contribution in [2.45, 2.75) is 6.92 Å². The van der Waals surface area contributed by atoms with E-state index in [4.69, 9.17) is 11.1 Å². The minimum absolute atomic E-state index is 0.0911. The number of nitrogens with zero attached hydrogens (tertiary/aromatic N) is 1. The van der Waals surface area contributed by atoms with Crippen LogP contribution in [-0.2, 0) is 0 Å². The highest BCUT2D eigenvalue weighted by Crippen LogP contribution is 2.14. The van der Waals surface area contributed by atoms with Gasteiger partial charge in [-0.3, -0.25) is 10.4 Å². The summed E-state index contributed by atoms with van der Waals surface area (Å²) in [7, 11) is 0. The Balaban J connectivity index is 2.69. The molecule has 0 radical (unpaired) electrons. The third kappa shape index (κ3) is 1.44. The minimum atomic E-state index is 0.0911. The summed E-state index contributed by atoms with van der Waals surface area (Å²) in [6.45, 7) is 1.99. The monoisotopic (exact) mass is 185 g/mol. The van der Waals surface area contributed by atoms with Crippen LogP contribution in [0.2, 0.25) is 0 Å². The highest BCUT2D eigenvalue weighted by Gasteiger charge is 1.99. The number of amidine groups is 1. The largest absolute Gasteiger partial charge is 0.384 e. The van der Waals surface area contributed by atoms with Gasteiger partial charge in [0, 0.05) is 17.1 Å². The molecule has 0 unspecified atom stereocenters. The molecule has 3 nitrogen and oxygen atoms in total. The fourth-order valence-electron chi connectivity index (χ4n) is 1.41. The Morgan fingerprint density at radius 1 is 1.36 bits per heavy atom. The van der Waals surface area contributed by atoms with Crippen LogP contribution in [0.3, 0.4) is 0 Å². The molecule has 0 amide bonds. The van der Waals surface area contributed by atoms with Crippen molar-refractivity contribution in [2.75, 3.05) is 0 Å². The molecule has 0 spiro atoms. The molecule has 70 valence electrons. The number of benzene rings is 1. The van der Waals surface area contributed by atoms with Crippen LogP contribution in [0.15, 0.2) is 30.5 Å². The van der Waals surface area contributed by atoms with E-state index in [2.05, 4.69) is 4.98 Å². The molecule has 0 fully saturated rings. The molecule has 0 aliphatic heterocycles. The second-order valence-corrected chi connectivity index (χ2v) is 3.33. The fourth-order valence-corrected chi connectivity index (χ4v) is 1.41. The lowest BCUT2D eigenvalue weighted by Crippen LogP contribution is -2.10. The number of aryl methyl sites for hydroxylation is 1. The van der Waals surface area contributed by atoms with Crippen LogP contribution in [0.5, 0.6) is 0 Å². The maximum absolute atomic E-state index is 7.32. The number of pyridine rings is 1. The number of nitrogen functional groups attached to an aromatic ring is 1. The maximum atomic E-state index is 7.32. The molecule has 1 aromatic heterocycles. The molecule has 0 saturated heterocycles. The molecule has 0 bridgehead atoms. The molecular weight excluding hydrogens is 174 g/mol. The zero-order valence-corrected chi connectivity index (χ0v) is 7.91. The van der Waals surface area contributed by atoms with Gasteiger partial charge in [-0.15, -0.1) is 0 Å². The first-order valence-electron chi connectivity index (χ1n) is 4.37. The predicted molar refractivity (Wildman–Crippen MR) is 57.5 cm³/mol. The molecule has 0 saturated carbocycles. The lowest BCUT2D eigenvalue weighted by atomic mass is 10.1. The van der Waals surface area contributed by atoms with Gasteiger partial charge >= 0.3 is 0 Å². The molecule has 1 heterocycles. The van der Waals surface area contributed by atoms with Gasteiger partial charge in [-0.05, 0) is 36.8 Å². The van der Waals surface area contributed by atoms with E-state index in [0.29, 0.717) is 0 Å². The average molecular weight is 185 g/mol. The molecule has 2 rings (SSSR count). The van der Waals surface area contributed by atoms with Crippen LogP contribution in [0, 0.1) is 12.3 Å². The van der Waals surface area contributed by atoms with E-state index >= 15 is 0 Å². The number of rotatable bonds is 1. The van der Waals surface area contributed by atoms with Crippen molar-refractivity contribution in [3.05, 3.63) is 41.6 Å². The SMILES string of the molecule is Cc1cnc2ccc(C(=N)N)cc2c1. The summed E-state index contributed by atoms with van der Waals surface area (Å²) in [6.07, 6.45) is 1.83. The number of fused-ring (bicyclic) bond motifs is 1. The fraction of sp³-hybridized carbons (Fsp3) is 0.0909. The zero-order chi connectivity index (χ0) is 10.1. The lowest BCUT2D eigenvalue weighted by molar-refractivity contribution is 1.33. The van der Waals surface area contributed by atoms with Gasteiger partial charge in [-0.25, -0.2) is 0 Å². The zero-order valence-electron chi connectivity index (χ0n) is 7.91. The van der Waals surface area contributed by atoms with Gasteiger partial charge in [0.2, 0.25) is 0 Å². The van der Waals surface area contributed by atoms with Crippen molar-refractivity contribution < 1.29 is 0 Å². The molecule has 0 atom stereocenters. The van der Waals surface area contributed by atoms with E-state index in [9.17, 15) is 0 Å². The van der Waals surface area contributed by atoms with Gasteiger partial charge in [0.05, 0.1) is 5.52 Å². The van der Waals surface area contributed by atoms with Gasteiger partial charge in [-0.1, -0.05) is 0 Å². The highest BCUT2D eigenvalue weighted by molar-refractivity contribution is 5.98. The van der Waals surface area contributed by atoms with Crippen LogP contribution in [0.1, 0.15) is 11.1 Å². The van der Waals surface area contributed by atoms with Crippen LogP contribution in [0.25, 0.3) is 10.9 Å². The number of nitrogens with one attached hydrogen (secondary N) is 1. The Morgan fingerprint density at radius 2 is 2.14 bits per heavy atom. The summed E-state index contributed by atoms with van der Waals surface area (Å²) >= 11 is 0. The van der Waals surface area contributed by atoms with Crippen LogP contribution in [-0.4, -0.2) is 10.8 Å². The summed E-state index contributed by atoms with van der Waals surface area (Å²) in [4.78, 5) is 4.27. The van der Waals surface area contributed by atoms with Gasteiger partial charge in [0.15, 0.2) is 0 Å². The number of aromatic nitrogens is 1. The Labute approximate surface area is 82.1 Å². The van der Waals surface area contributed by atoms with E-state index in [1.54, 1.807) is 0 Å². The molecule has 0 aliphatic rings. The molecule has 1 aromatic carbocycles. The van der Waals surface area contributed by atoms with Crippen molar-refractivity contribution in [1.29, 1.82) is 5.41 Å². The molecule has 3 N–H and O–H groups in total. The summed E-state index contributed by atoms with van der Waals surface area (Å²) in [5.74, 6) is 0.0911. The first-order valence-corrected chi connectivity index (χ1v) is 4.37. The first-order chi connectivity index (χ1) is 6.66. The summed E-state index contributed by atoms with van der Waals surface area (Å²) in [5.41, 5.74) is 8.19. The standard InChI is InChI=1S/C11H11N3/c1-7-4-9-5-8(11(12)13)2-3-10(9)14-6-7/h2-6H,1H3,(H3,12,13). The van der Waals surface area contributed by atoms with Crippen molar-refractivity contribution >= 4 is 16.7 Å². The van der Waals surface area contributed by atoms with E-state index < -0.39 is 0 Å². The Bertz CT molecular complexity index is 503. The van der Waals surface area contributed by atoms with E-state index in [0.717, 1.165) is 22.0 Å². The smallest absolute Gasteiger partial charge is 0.122 e. The number of hydrogen-bond donors (Lipinski definition) is 2. The Morgan fingerprint density at radius 3 is 2.86 bits per heavy atom. The molecule has 0 aliphatic carbocycles. The number of nitrogens with two attached hydrogens (primary N) is 1. The van der Waals surface area contributed by atoms with Crippen molar-refractivity contribution in [3.8, 4) is 0 Å². The van der Waals surface area contributed by atoms with Crippen LogP contribution in [0.4, 0.5) is 0 Å². The Hall–Kier alpha value is -1.90. The first kappa shape index (κ1) is 8.69. The topological polar surface area (TPSA) is 62.8 Å². The summed E-state index contributed by atoms with van der Waals surface area (Å²) in [6, 6.07) is 7.62. The number of hydrogen-bond acceptors (Lipinski definition) is 2. The van der Waals surface area contributed by atoms with Gasteiger partial charge in [0.25, 0.3) is 0 Å². The second kappa shape index (κ2) is 3.10. The summed E-state index contributed by atoms with van der Waals surface area (Å²) in [5, 5.41) is 8.35. The molecule has 14 heavy (non-hydrogen) atoms. The van der Waals surface area contributed by atoms with Crippen LogP contribution >= 0.6 is 0 Å². The minimum Gasteiger partial charge on any atom is -0.384 e. The normalized spacial score (nSPS) is 10.4. The van der Waals surface area contributed by atoms with E-state index in [1.807, 2.05) is 37.4 Å². The Kier molecular flexibility index (Phi) is 1.93.